The van der Waals surface area contributed by atoms with Crippen LogP contribution in [0.2, 0.25) is 5.15 Å². The average molecular weight is 223 g/mol. The number of carbonyl (C=O) groups is 1. The first kappa shape index (κ1) is 9.86. The van der Waals surface area contributed by atoms with Crippen molar-refractivity contribution < 1.29 is 9.53 Å². The summed E-state index contributed by atoms with van der Waals surface area (Å²) in [6.45, 7) is 0. The number of hydrogen-bond acceptors (Lipinski definition) is 4. The second-order valence-corrected chi connectivity index (χ2v) is 3.24. The summed E-state index contributed by atoms with van der Waals surface area (Å²) in [5.41, 5.74) is 0.947. The molecule has 0 aromatic carbocycles. The molecule has 2 aromatic rings. The van der Waals surface area contributed by atoms with Gasteiger partial charge in [0, 0.05) is 17.8 Å². The van der Waals surface area contributed by atoms with Gasteiger partial charge in [-0.25, -0.2) is 9.78 Å². The predicted octanol–water partition coefficient (Wildman–Crippen LogP) is 2.07. The quantitative estimate of drug-likeness (QED) is 0.548. The van der Waals surface area contributed by atoms with Gasteiger partial charge in [-0.05, 0) is 12.1 Å². The molecule has 2 aromatic heterocycles. The van der Waals surface area contributed by atoms with Crippen molar-refractivity contribution >= 4 is 28.5 Å². The summed E-state index contributed by atoms with van der Waals surface area (Å²) in [5, 5.41) is 0.892. The molecule has 0 amide bonds. The van der Waals surface area contributed by atoms with E-state index in [1.54, 1.807) is 24.5 Å². The van der Waals surface area contributed by atoms with Crippen LogP contribution in [0, 0.1) is 0 Å². The molecule has 0 unspecified atom stereocenters. The van der Waals surface area contributed by atoms with E-state index < -0.39 is 5.97 Å². The van der Waals surface area contributed by atoms with Crippen LogP contribution in [0.1, 0.15) is 10.4 Å². The van der Waals surface area contributed by atoms with E-state index in [1.165, 1.54) is 7.11 Å². The number of halogens is 1. The van der Waals surface area contributed by atoms with Crippen molar-refractivity contribution in [3.63, 3.8) is 0 Å². The lowest BCUT2D eigenvalue weighted by Crippen LogP contribution is -2.03. The van der Waals surface area contributed by atoms with Crippen LogP contribution in [-0.4, -0.2) is 23.0 Å². The second-order valence-electron chi connectivity index (χ2n) is 2.89. The number of ether oxygens (including phenoxy) is 1. The van der Waals surface area contributed by atoms with Crippen LogP contribution in [0.3, 0.4) is 0 Å². The molecule has 2 rings (SSSR count). The Balaban J connectivity index is 2.67. The summed E-state index contributed by atoms with van der Waals surface area (Å²) in [5.74, 6) is -0.502. The number of pyridine rings is 2. The Morgan fingerprint density at radius 2 is 2.33 bits per heavy atom. The number of carbonyl (C=O) groups excluding carboxylic acids is 1. The zero-order chi connectivity index (χ0) is 10.8. The average Bonchev–Trinajstić information content (AvgIpc) is 2.27. The van der Waals surface area contributed by atoms with Gasteiger partial charge >= 0.3 is 5.97 Å². The number of aromatic nitrogens is 2. The van der Waals surface area contributed by atoms with E-state index in [2.05, 4.69) is 14.7 Å². The Bertz CT molecular complexity index is 528. The minimum atomic E-state index is -0.502. The fourth-order valence-electron chi connectivity index (χ4n) is 1.25. The molecule has 76 valence electrons. The molecule has 2 heterocycles. The van der Waals surface area contributed by atoms with E-state index in [0.717, 1.165) is 5.39 Å². The highest BCUT2D eigenvalue weighted by Crippen LogP contribution is 2.20. The van der Waals surface area contributed by atoms with Gasteiger partial charge in [0.25, 0.3) is 0 Å². The maximum Gasteiger partial charge on any atom is 0.341 e. The molecule has 0 spiro atoms. The van der Waals surface area contributed by atoms with Gasteiger partial charge in [-0.15, -0.1) is 0 Å². The molecule has 5 heteroatoms. The third kappa shape index (κ3) is 1.76. The van der Waals surface area contributed by atoms with Crippen LogP contribution in [-0.2, 0) is 4.74 Å². The summed E-state index contributed by atoms with van der Waals surface area (Å²) in [6, 6.07) is 3.34. The highest BCUT2D eigenvalue weighted by Gasteiger charge is 2.12. The molecule has 0 radical (unpaired) electrons. The van der Waals surface area contributed by atoms with Gasteiger partial charge in [0.2, 0.25) is 0 Å². The van der Waals surface area contributed by atoms with Gasteiger partial charge in [-0.1, -0.05) is 11.6 Å². The van der Waals surface area contributed by atoms with Crippen LogP contribution < -0.4 is 0 Å². The second kappa shape index (κ2) is 3.82. The summed E-state index contributed by atoms with van der Waals surface area (Å²) < 4.78 is 4.58. The van der Waals surface area contributed by atoms with Gasteiger partial charge in [-0.2, -0.15) is 0 Å². The Hall–Kier alpha value is -1.68. The van der Waals surface area contributed by atoms with Crippen LogP contribution in [0.25, 0.3) is 10.9 Å². The molecule has 0 aliphatic rings. The van der Waals surface area contributed by atoms with Crippen molar-refractivity contribution in [3.05, 3.63) is 35.2 Å². The topological polar surface area (TPSA) is 52.1 Å². The van der Waals surface area contributed by atoms with E-state index >= 15 is 0 Å². The fourth-order valence-corrected chi connectivity index (χ4v) is 1.47. The summed E-state index contributed by atoms with van der Waals surface area (Å²) in [4.78, 5) is 19.3. The van der Waals surface area contributed by atoms with Crippen LogP contribution in [0.4, 0.5) is 0 Å². The molecule has 0 bridgehead atoms. The predicted molar refractivity (Wildman–Crippen MR) is 55.9 cm³/mol. The molecular formula is C10H7ClN2O2. The van der Waals surface area contributed by atoms with E-state index in [4.69, 9.17) is 11.6 Å². The summed E-state index contributed by atoms with van der Waals surface area (Å²) >= 11 is 5.84. The van der Waals surface area contributed by atoms with Crippen LogP contribution in [0.15, 0.2) is 24.5 Å². The molecule has 4 nitrogen and oxygen atoms in total. The van der Waals surface area contributed by atoms with Gasteiger partial charge in [0.05, 0.1) is 18.2 Å². The van der Waals surface area contributed by atoms with Crippen molar-refractivity contribution in [2.24, 2.45) is 0 Å². The largest absolute Gasteiger partial charge is 0.465 e. The van der Waals surface area contributed by atoms with Crippen molar-refractivity contribution in [1.29, 1.82) is 0 Å². The summed E-state index contributed by atoms with van der Waals surface area (Å²) in [7, 11) is 1.30. The smallest absolute Gasteiger partial charge is 0.341 e. The normalized spacial score (nSPS) is 10.3. The Kier molecular flexibility index (Phi) is 2.51. The zero-order valence-corrected chi connectivity index (χ0v) is 8.65. The molecule has 0 N–H and O–H groups in total. The lowest BCUT2D eigenvalue weighted by molar-refractivity contribution is 0.0600. The minimum absolute atomic E-state index is 0.139. The van der Waals surface area contributed by atoms with E-state index in [1.807, 2.05) is 0 Å². The number of rotatable bonds is 1. The first-order chi connectivity index (χ1) is 7.22. The SMILES string of the molecule is COC(=O)c1cc2cnccc2nc1Cl. The minimum Gasteiger partial charge on any atom is -0.465 e. The first-order valence-corrected chi connectivity index (χ1v) is 4.59. The molecule has 0 aliphatic carbocycles. The van der Waals surface area contributed by atoms with Crippen molar-refractivity contribution in [2.75, 3.05) is 7.11 Å². The molecule has 0 fully saturated rings. The lowest BCUT2D eigenvalue weighted by Gasteiger charge is -2.03. The van der Waals surface area contributed by atoms with Crippen LogP contribution in [0.5, 0.6) is 0 Å². The van der Waals surface area contributed by atoms with Gasteiger partial charge in [0.15, 0.2) is 0 Å². The molecule has 0 saturated heterocycles. The van der Waals surface area contributed by atoms with E-state index in [0.29, 0.717) is 5.52 Å². The Morgan fingerprint density at radius 1 is 1.53 bits per heavy atom. The van der Waals surface area contributed by atoms with Crippen molar-refractivity contribution in [3.8, 4) is 0 Å². The fraction of sp³-hybridized carbons (Fsp3) is 0.100. The van der Waals surface area contributed by atoms with E-state index in [9.17, 15) is 4.79 Å². The molecule has 0 aliphatic heterocycles. The van der Waals surface area contributed by atoms with Gasteiger partial charge < -0.3 is 4.74 Å². The van der Waals surface area contributed by atoms with Crippen LogP contribution >= 0.6 is 11.6 Å². The maximum atomic E-state index is 11.3. The highest BCUT2D eigenvalue weighted by molar-refractivity contribution is 6.32. The standard InChI is InChI=1S/C10H7ClN2O2/c1-15-10(14)7-4-6-5-12-3-2-8(6)13-9(7)11/h2-5H,1H3. The van der Waals surface area contributed by atoms with Crippen molar-refractivity contribution in [1.82, 2.24) is 9.97 Å². The Labute approximate surface area is 90.9 Å². The Morgan fingerprint density at radius 3 is 3.07 bits per heavy atom. The number of esters is 1. The number of fused-ring (bicyclic) bond motifs is 1. The lowest BCUT2D eigenvalue weighted by atomic mass is 10.2. The third-order valence-electron chi connectivity index (χ3n) is 1.97. The number of hydrogen-bond donors (Lipinski definition) is 0. The molecule has 0 atom stereocenters. The molecular weight excluding hydrogens is 216 g/mol. The monoisotopic (exact) mass is 222 g/mol. The third-order valence-corrected chi connectivity index (χ3v) is 2.26. The molecule has 15 heavy (non-hydrogen) atoms. The zero-order valence-electron chi connectivity index (χ0n) is 7.90. The van der Waals surface area contributed by atoms with Gasteiger partial charge in [0.1, 0.15) is 5.15 Å². The molecule has 0 saturated carbocycles. The highest BCUT2D eigenvalue weighted by atomic mass is 35.5. The summed E-state index contributed by atoms with van der Waals surface area (Å²) in [6.07, 6.45) is 3.23. The first-order valence-electron chi connectivity index (χ1n) is 4.21. The maximum absolute atomic E-state index is 11.3. The number of methoxy groups -OCH3 is 1. The van der Waals surface area contributed by atoms with Gasteiger partial charge in [-0.3, -0.25) is 4.98 Å². The van der Waals surface area contributed by atoms with E-state index in [-0.39, 0.29) is 10.7 Å². The van der Waals surface area contributed by atoms with Crippen molar-refractivity contribution in [2.45, 2.75) is 0 Å². The number of nitrogens with zero attached hydrogens (tertiary/aromatic N) is 2.